The summed E-state index contributed by atoms with van der Waals surface area (Å²) in [5.74, 6) is -0.000392. The maximum Gasteiger partial charge on any atom is 0.269 e. The van der Waals surface area contributed by atoms with Crippen LogP contribution in [0.2, 0.25) is 0 Å². The molecule has 2 amide bonds. The lowest BCUT2D eigenvalue weighted by atomic mass is 9.96. The summed E-state index contributed by atoms with van der Waals surface area (Å²) in [4.78, 5) is 35.7. The lowest BCUT2D eigenvalue weighted by Crippen LogP contribution is -2.47. The van der Waals surface area contributed by atoms with Gasteiger partial charge in [0.2, 0.25) is 27.8 Å². The molecule has 12 heteroatoms. The van der Waals surface area contributed by atoms with E-state index in [1.165, 1.54) is 28.6 Å². The molecule has 2 fully saturated rings. The topological polar surface area (TPSA) is 134 Å². The number of hydrazine groups is 1. The third-order valence-corrected chi connectivity index (χ3v) is 8.01. The van der Waals surface area contributed by atoms with Crippen molar-refractivity contribution in [3.63, 3.8) is 0 Å². The number of hydrogen-bond donors (Lipinski definition) is 2. The van der Waals surface area contributed by atoms with E-state index in [9.17, 15) is 18.0 Å². The zero-order chi connectivity index (χ0) is 24.1. The molecule has 0 radical (unpaired) electrons. The molecule has 34 heavy (non-hydrogen) atoms. The molecule has 0 aliphatic carbocycles. The fraction of sp³-hybridized carbons (Fsp3) is 0.455. The average molecular weight is 489 g/mol. The molecule has 2 aromatic rings. The number of methoxy groups -OCH3 is 1. The summed E-state index contributed by atoms with van der Waals surface area (Å²) in [5, 5.41) is 0. The standard InChI is InChI=1S/C22H28N6O5S/c1-33-19-8-11-23-22(24-19)27-14-9-17(10-15-27)21(30)26-25-20(29)16-4-6-18(7-5-16)34(31,32)28-12-2-3-13-28/h4-8,11,17H,2-3,9-10,12-15H2,1H3,(H,25,29)(H,26,30). The molecule has 0 unspecified atom stereocenters. The van der Waals surface area contributed by atoms with E-state index in [1.807, 2.05) is 4.90 Å². The van der Waals surface area contributed by atoms with E-state index in [4.69, 9.17) is 4.74 Å². The zero-order valence-electron chi connectivity index (χ0n) is 18.9. The number of aromatic nitrogens is 2. The summed E-state index contributed by atoms with van der Waals surface area (Å²) in [6, 6.07) is 7.39. The first-order valence-electron chi connectivity index (χ1n) is 11.2. The van der Waals surface area contributed by atoms with E-state index in [0.717, 1.165) is 12.8 Å². The predicted molar refractivity (Wildman–Crippen MR) is 124 cm³/mol. The number of anilines is 1. The van der Waals surface area contributed by atoms with E-state index in [2.05, 4.69) is 20.8 Å². The van der Waals surface area contributed by atoms with E-state index in [1.54, 1.807) is 19.4 Å². The van der Waals surface area contributed by atoms with Gasteiger partial charge >= 0.3 is 0 Å². The van der Waals surface area contributed by atoms with Crippen LogP contribution in [0.5, 0.6) is 5.88 Å². The van der Waals surface area contributed by atoms with Crippen LogP contribution in [0.15, 0.2) is 41.4 Å². The van der Waals surface area contributed by atoms with Gasteiger partial charge in [-0.25, -0.2) is 13.4 Å². The van der Waals surface area contributed by atoms with Crippen molar-refractivity contribution in [1.82, 2.24) is 25.1 Å². The van der Waals surface area contributed by atoms with Crippen molar-refractivity contribution < 1.29 is 22.7 Å². The van der Waals surface area contributed by atoms with Crippen LogP contribution in [0.1, 0.15) is 36.0 Å². The third kappa shape index (κ3) is 5.28. The lowest BCUT2D eigenvalue weighted by Gasteiger charge is -2.31. The fourth-order valence-corrected chi connectivity index (χ4v) is 5.61. The summed E-state index contributed by atoms with van der Waals surface area (Å²) in [6.07, 6.45) is 4.51. The van der Waals surface area contributed by atoms with E-state index < -0.39 is 15.9 Å². The van der Waals surface area contributed by atoms with Crippen LogP contribution in [0.4, 0.5) is 5.95 Å². The highest BCUT2D eigenvalue weighted by atomic mass is 32.2. The fourth-order valence-electron chi connectivity index (χ4n) is 4.09. The molecule has 0 saturated carbocycles. The van der Waals surface area contributed by atoms with E-state index >= 15 is 0 Å². The first-order valence-corrected chi connectivity index (χ1v) is 12.6. The largest absolute Gasteiger partial charge is 0.481 e. The normalized spacial score (nSPS) is 17.4. The smallest absolute Gasteiger partial charge is 0.269 e. The molecule has 0 bridgehead atoms. The highest BCUT2D eigenvalue weighted by Crippen LogP contribution is 2.23. The Morgan fingerprint density at radius 1 is 1.00 bits per heavy atom. The monoisotopic (exact) mass is 488 g/mol. The van der Waals surface area contributed by atoms with Crippen molar-refractivity contribution >= 4 is 27.8 Å². The van der Waals surface area contributed by atoms with Crippen LogP contribution in [-0.4, -0.2) is 67.8 Å². The molecular weight excluding hydrogens is 460 g/mol. The molecular formula is C22H28N6O5S. The Morgan fingerprint density at radius 3 is 2.32 bits per heavy atom. The van der Waals surface area contributed by atoms with Crippen molar-refractivity contribution in [2.45, 2.75) is 30.6 Å². The van der Waals surface area contributed by atoms with Crippen molar-refractivity contribution in [1.29, 1.82) is 0 Å². The van der Waals surface area contributed by atoms with Gasteiger partial charge in [-0.05, 0) is 49.9 Å². The molecule has 2 aliphatic rings. The first-order chi connectivity index (χ1) is 16.4. The Labute approximate surface area is 198 Å². The highest BCUT2D eigenvalue weighted by Gasteiger charge is 2.28. The Bertz CT molecular complexity index is 1130. The van der Waals surface area contributed by atoms with Crippen molar-refractivity contribution in [2.75, 3.05) is 38.2 Å². The molecule has 2 saturated heterocycles. The van der Waals surface area contributed by atoms with E-state index in [0.29, 0.717) is 50.8 Å². The van der Waals surface area contributed by atoms with E-state index in [-0.39, 0.29) is 22.3 Å². The molecule has 11 nitrogen and oxygen atoms in total. The number of piperidine rings is 1. The zero-order valence-corrected chi connectivity index (χ0v) is 19.8. The minimum atomic E-state index is -3.54. The summed E-state index contributed by atoms with van der Waals surface area (Å²) >= 11 is 0. The number of sulfonamides is 1. The number of nitrogens with one attached hydrogen (secondary N) is 2. The average Bonchev–Trinajstić information content (AvgIpc) is 3.43. The predicted octanol–water partition coefficient (Wildman–Crippen LogP) is 0.947. The van der Waals surface area contributed by atoms with Crippen molar-refractivity contribution in [3.8, 4) is 5.88 Å². The number of rotatable bonds is 6. The number of amides is 2. The Kier molecular flexibility index (Phi) is 7.27. The van der Waals surface area contributed by atoms with Crippen LogP contribution in [0, 0.1) is 5.92 Å². The molecule has 3 heterocycles. The maximum absolute atomic E-state index is 12.6. The number of ether oxygens (including phenoxy) is 1. The molecule has 0 spiro atoms. The second-order valence-electron chi connectivity index (χ2n) is 8.24. The van der Waals surface area contributed by atoms with Crippen molar-refractivity contribution in [2.24, 2.45) is 5.92 Å². The van der Waals surface area contributed by atoms with Crippen LogP contribution in [0.25, 0.3) is 0 Å². The molecule has 2 N–H and O–H groups in total. The summed E-state index contributed by atoms with van der Waals surface area (Å²) in [6.45, 7) is 2.24. The number of nitrogens with zero attached hydrogens (tertiary/aromatic N) is 4. The molecule has 2 aliphatic heterocycles. The summed E-state index contributed by atoms with van der Waals surface area (Å²) in [7, 11) is -1.99. The van der Waals surface area contributed by atoms with Gasteiger partial charge in [0.1, 0.15) is 0 Å². The number of carbonyl (C=O) groups is 2. The molecule has 182 valence electrons. The SMILES string of the molecule is COc1ccnc(N2CCC(C(=O)NNC(=O)c3ccc(S(=O)(=O)N4CCCC4)cc3)CC2)n1. The Morgan fingerprint density at radius 2 is 1.68 bits per heavy atom. The number of hydrogen-bond acceptors (Lipinski definition) is 8. The van der Waals surface area contributed by atoms with Crippen LogP contribution in [-0.2, 0) is 14.8 Å². The lowest BCUT2D eigenvalue weighted by molar-refractivity contribution is -0.126. The minimum Gasteiger partial charge on any atom is -0.481 e. The molecule has 0 atom stereocenters. The van der Waals surface area contributed by atoms with Gasteiger partial charge in [-0.15, -0.1) is 0 Å². The second kappa shape index (κ2) is 10.3. The molecule has 4 rings (SSSR count). The third-order valence-electron chi connectivity index (χ3n) is 6.09. The number of benzene rings is 1. The van der Waals surface area contributed by atoms with Gasteiger partial charge in [-0.1, -0.05) is 0 Å². The second-order valence-corrected chi connectivity index (χ2v) is 10.2. The van der Waals surface area contributed by atoms with Gasteiger partial charge in [-0.2, -0.15) is 9.29 Å². The van der Waals surface area contributed by atoms with Crippen molar-refractivity contribution in [3.05, 3.63) is 42.1 Å². The summed E-state index contributed by atoms with van der Waals surface area (Å²) in [5.41, 5.74) is 5.15. The minimum absolute atomic E-state index is 0.154. The Balaban J connectivity index is 1.26. The van der Waals surface area contributed by atoms with Gasteiger partial charge in [0, 0.05) is 49.9 Å². The highest BCUT2D eigenvalue weighted by molar-refractivity contribution is 7.89. The Hall–Kier alpha value is -3.25. The summed E-state index contributed by atoms with van der Waals surface area (Å²) < 4.78 is 31.8. The van der Waals surface area contributed by atoms with Gasteiger partial charge in [0.15, 0.2) is 0 Å². The van der Waals surface area contributed by atoms with Crippen LogP contribution < -0.4 is 20.5 Å². The van der Waals surface area contributed by atoms with Gasteiger partial charge < -0.3 is 9.64 Å². The first kappa shape index (κ1) is 23.9. The number of carbonyl (C=O) groups excluding carboxylic acids is 2. The molecule has 1 aromatic heterocycles. The van der Waals surface area contributed by atoms with Gasteiger partial charge in [-0.3, -0.25) is 20.4 Å². The molecule has 1 aromatic carbocycles. The maximum atomic E-state index is 12.6. The quantitative estimate of drug-likeness (QED) is 0.574. The van der Waals surface area contributed by atoms with Crippen LogP contribution in [0.3, 0.4) is 0 Å². The van der Waals surface area contributed by atoms with Gasteiger partial charge in [0.25, 0.3) is 5.91 Å². The van der Waals surface area contributed by atoms with Gasteiger partial charge in [0.05, 0.1) is 12.0 Å². The van der Waals surface area contributed by atoms with Crippen LogP contribution >= 0.6 is 0 Å².